The van der Waals surface area contributed by atoms with Crippen LogP contribution in [0.25, 0.3) is 10.9 Å². The predicted octanol–water partition coefficient (Wildman–Crippen LogP) is 2.84. The Hall–Kier alpha value is -1.52. The second-order valence-electron chi connectivity index (χ2n) is 4.72. The lowest BCUT2D eigenvalue weighted by atomic mass is 10.1. The Morgan fingerprint density at radius 1 is 1.37 bits per heavy atom. The predicted molar refractivity (Wildman–Crippen MR) is 74.5 cm³/mol. The third-order valence-electron chi connectivity index (χ3n) is 3.08. The number of hydrogen-bond donors (Lipinski definition) is 0. The van der Waals surface area contributed by atoms with Crippen molar-refractivity contribution in [1.82, 2.24) is 9.88 Å². The highest BCUT2D eigenvalue weighted by Crippen LogP contribution is 2.19. The van der Waals surface area contributed by atoms with Crippen LogP contribution >= 0.6 is 0 Å². The van der Waals surface area contributed by atoms with Gasteiger partial charge in [-0.15, -0.1) is 0 Å². The minimum Gasteiger partial charge on any atom is -0.385 e. The van der Waals surface area contributed by atoms with Gasteiger partial charge in [0.15, 0.2) is 0 Å². The van der Waals surface area contributed by atoms with E-state index in [1.165, 1.54) is 6.07 Å². The fourth-order valence-electron chi connectivity index (χ4n) is 2.20. The van der Waals surface area contributed by atoms with Gasteiger partial charge >= 0.3 is 0 Å². The Morgan fingerprint density at radius 3 is 3.00 bits per heavy atom. The summed E-state index contributed by atoms with van der Waals surface area (Å²) in [5.74, 6) is -0.208. The lowest BCUT2D eigenvalue weighted by Gasteiger charge is -2.17. The molecule has 19 heavy (non-hydrogen) atoms. The van der Waals surface area contributed by atoms with Crippen LogP contribution in [0.4, 0.5) is 4.39 Å². The molecular formula is C15H19FN2O. The summed E-state index contributed by atoms with van der Waals surface area (Å²) < 4.78 is 18.6. The van der Waals surface area contributed by atoms with E-state index in [0.717, 1.165) is 36.0 Å². The molecule has 0 aliphatic rings. The van der Waals surface area contributed by atoms with Crippen LogP contribution in [0.15, 0.2) is 30.5 Å². The summed E-state index contributed by atoms with van der Waals surface area (Å²) in [6, 6.07) is 6.81. The molecule has 1 heterocycles. The van der Waals surface area contributed by atoms with E-state index in [-0.39, 0.29) is 5.82 Å². The maximum atomic E-state index is 13.6. The zero-order chi connectivity index (χ0) is 13.7. The zero-order valence-electron chi connectivity index (χ0n) is 11.4. The number of pyridine rings is 1. The van der Waals surface area contributed by atoms with Gasteiger partial charge in [0.05, 0.1) is 5.52 Å². The number of nitrogens with zero attached hydrogens (tertiary/aromatic N) is 2. The Bertz CT molecular complexity index is 545. The molecule has 2 aromatic rings. The minimum absolute atomic E-state index is 0.208. The Kier molecular flexibility index (Phi) is 4.82. The van der Waals surface area contributed by atoms with Crippen molar-refractivity contribution in [3.8, 4) is 0 Å². The number of hydrogen-bond acceptors (Lipinski definition) is 3. The number of benzene rings is 1. The van der Waals surface area contributed by atoms with Crippen molar-refractivity contribution in [2.24, 2.45) is 0 Å². The molecule has 1 aromatic heterocycles. The van der Waals surface area contributed by atoms with Gasteiger partial charge in [-0.1, -0.05) is 6.07 Å². The molecule has 0 fully saturated rings. The van der Waals surface area contributed by atoms with Crippen LogP contribution in [0.3, 0.4) is 0 Å². The molecule has 0 saturated heterocycles. The minimum atomic E-state index is -0.208. The highest BCUT2D eigenvalue weighted by molar-refractivity contribution is 5.81. The van der Waals surface area contributed by atoms with E-state index in [1.54, 1.807) is 19.4 Å². The van der Waals surface area contributed by atoms with Crippen LogP contribution in [0.2, 0.25) is 0 Å². The first-order chi connectivity index (χ1) is 9.20. The molecule has 0 aliphatic carbocycles. The number of methoxy groups -OCH3 is 1. The first-order valence-corrected chi connectivity index (χ1v) is 6.41. The molecule has 0 atom stereocenters. The molecule has 0 amide bonds. The molecule has 3 nitrogen and oxygen atoms in total. The molecule has 2 rings (SSSR count). The topological polar surface area (TPSA) is 25.4 Å². The van der Waals surface area contributed by atoms with E-state index in [4.69, 9.17) is 4.74 Å². The normalized spacial score (nSPS) is 11.4. The molecule has 102 valence electrons. The molecule has 0 bridgehead atoms. The van der Waals surface area contributed by atoms with E-state index in [2.05, 4.69) is 9.88 Å². The van der Waals surface area contributed by atoms with Gasteiger partial charge in [0.25, 0.3) is 0 Å². The summed E-state index contributed by atoms with van der Waals surface area (Å²) in [7, 11) is 3.72. The largest absolute Gasteiger partial charge is 0.385 e. The van der Waals surface area contributed by atoms with Gasteiger partial charge in [0, 0.05) is 38.4 Å². The van der Waals surface area contributed by atoms with Crippen LogP contribution in [0.1, 0.15) is 12.0 Å². The number of aromatic nitrogens is 1. The first kappa shape index (κ1) is 13.9. The van der Waals surface area contributed by atoms with E-state index in [9.17, 15) is 4.39 Å². The van der Waals surface area contributed by atoms with E-state index in [0.29, 0.717) is 6.54 Å². The van der Waals surface area contributed by atoms with Gasteiger partial charge in [-0.05, 0) is 37.2 Å². The SMILES string of the molecule is COCCCN(C)Cc1cc(F)cc2cccnc12. The maximum Gasteiger partial charge on any atom is 0.124 e. The van der Waals surface area contributed by atoms with Gasteiger partial charge in [-0.2, -0.15) is 0 Å². The average Bonchev–Trinajstić information content (AvgIpc) is 2.39. The Morgan fingerprint density at radius 2 is 2.21 bits per heavy atom. The van der Waals surface area contributed by atoms with Crippen LogP contribution < -0.4 is 0 Å². The number of halogens is 1. The van der Waals surface area contributed by atoms with Crippen LogP contribution in [-0.2, 0) is 11.3 Å². The Labute approximate surface area is 113 Å². The fraction of sp³-hybridized carbons (Fsp3) is 0.400. The van der Waals surface area contributed by atoms with Crippen LogP contribution in [0, 0.1) is 5.82 Å². The Balaban J connectivity index is 2.15. The molecule has 0 spiro atoms. The maximum absolute atomic E-state index is 13.6. The van der Waals surface area contributed by atoms with Gasteiger partial charge in [0.2, 0.25) is 0 Å². The van der Waals surface area contributed by atoms with Crippen molar-refractivity contribution < 1.29 is 9.13 Å². The average molecular weight is 262 g/mol. The lowest BCUT2D eigenvalue weighted by Crippen LogP contribution is -2.20. The quantitative estimate of drug-likeness (QED) is 0.748. The molecular weight excluding hydrogens is 243 g/mol. The lowest BCUT2D eigenvalue weighted by molar-refractivity contribution is 0.178. The van der Waals surface area contributed by atoms with Crippen LogP contribution in [-0.4, -0.2) is 37.2 Å². The van der Waals surface area contributed by atoms with Crippen molar-refractivity contribution >= 4 is 10.9 Å². The van der Waals surface area contributed by atoms with E-state index < -0.39 is 0 Å². The summed E-state index contributed by atoms with van der Waals surface area (Å²) in [5, 5.41) is 0.850. The monoisotopic (exact) mass is 262 g/mol. The summed E-state index contributed by atoms with van der Waals surface area (Å²) in [6.45, 7) is 2.35. The van der Waals surface area contributed by atoms with Crippen LogP contribution in [0.5, 0.6) is 0 Å². The smallest absolute Gasteiger partial charge is 0.124 e. The highest BCUT2D eigenvalue weighted by atomic mass is 19.1. The second kappa shape index (κ2) is 6.59. The summed E-state index contributed by atoms with van der Waals surface area (Å²) in [4.78, 5) is 6.51. The summed E-state index contributed by atoms with van der Waals surface area (Å²) in [6.07, 6.45) is 2.71. The van der Waals surface area contributed by atoms with Gasteiger partial charge in [0.1, 0.15) is 5.82 Å². The van der Waals surface area contributed by atoms with Crippen molar-refractivity contribution in [3.05, 3.63) is 41.8 Å². The molecule has 4 heteroatoms. The molecule has 1 aromatic carbocycles. The number of rotatable bonds is 6. The standard InChI is InChI=1S/C15H19FN2O/c1-18(7-4-8-19-2)11-13-10-14(16)9-12-5-3-6-17-15(12)13/h3,5-6,9-10H,4,7-8,11H2,1-2H3. The highest BCUT2D eigenvalue weighted by Gasteiger charge is 2.08. The first-order valence-electron chi connectivity index (χ1n) is 6.41. The second-order valence-corrected chi connectivity index (χ2v) is 4.72. The zero-order valence-corrected chi connectivity index (χ0v) is 11.4. The van der Waals surface area contributed by atoms with Crippen molar-refractivity contribution in [3.63, 3.8) is 0 Å². The van der Waals surface area contributed by atoms with Gasteiger partial charge in [-0.25, -0.2) is 4.39 Å². The molecule has 0 saturated carbocycles. The summed E-state index contributed by atoms with van der Waals surface area (Å²) in [5.41, 5.74) is 1.80. The van der Waals surface area contributed by atoms with Crippen molar-refractivity contribution in [1.29, 1.82) is 0 Å². The molecule has 0 radical (unpaired) electrons. The fourth-order valence-corrected chi connectivity index (χ4v) is 2.20. The van der Waals surface area contributed by atoms with Crippen molar-refractivity contribution in [2.75, 3.05) is 27.3 Å². The third kappa shape index (κ3) is 3.72. The van der Waals surface area contributed by atoms with E-state index >= 15 is 0 Å². The molecule has 0 N–H and O–H groups in total. The third-order valence-corrected chi connectivity index (χ3v) is 3.08. The molecule has 0 unspecified atom stereocenters. The van der Waals surface area contributed by atoms with Crippen molar-refractivity contribution in [2.45, 2.75) is 13.0 Å². The number of fused-ring (bicyclic) bond motifs is 1. The van der Waals surface area contributed by atoms with E-state index in [1.807, 2.05) is 19.2 Å². The van der Waals surface area contributed by atoms with Gasteiger partial charge in [-0.3, -0.25) is 4.98 Å². The summed E-state index contributed by atoms with van der Waals surface area (Å²) >= 11 is 0. The molecule has 0 aliphatic heterocycles. The number of ether oxygens (including phenoxy) is 1. The van der Waals surface area contributed by atoms with Gasteiger partial charge < -0.3 is 9.64 Å².